The summed E-state index contributed by atoms with van der Waals surface area (Å²) < 4.78 is 5.49. The highest BCUT2D eigenvalue weighted by molar-refractivity contribution is 6.32. The van der Waals surface area contributed by atoms with Crippen LogP contribution in [-0.4, -0.2) is 44.1 Å². The molecule has 0 aliphatic carbocycles. The number of hydrogen-bond acceptors (Lipinski definition) is 3. The largest absolute Gasteiger partial charge is 0.482 e. The minimum absolute atomic E-state index is 0.0350. The average Bonchev–Trinajstić information content (AvgIpc) is 2.47. The topological polar surface area (TPSA) is 41.6 Å². The second-order valence-corrected chi connectivity index (χ2v) is 5.51. The monoisotopic (exact) mass is 296 g/mol. The summed E-state index contributed by atoms with van der Waals surface area (Å²) in [5.74, 6) is 1.27. The first-order chi connectivity index (χ1) is 9.70. The van der Waals surface area contributed by atoms with Crippen LogP contribution in [0.1, 0.15) is 12.8 Å². The maximum Gasteiger partial charge on any atom is 0.260 e. The Bertz CT molecular complexity index is 445. The maximum absolute atomic E-state index is 12.1. The molecule has 0 bridgehead atoms. The van der Waals surface area contributed by atoms with E-state index in [4.69, 9.17) is 16.3 Å². The van der Waals surface area contributed by atoms with Gasteiger partial charge in [0.1, 0.15) is 5.75 Å². The highest BCUT2D eigenvalue weighted by Gasteiger charge is 2.22. The van der Waals surface area contributed by atoms with Gasteiger partial charge < -0.3 is 15.0 Å². The van der Waals surface area contributed by atoms with Crippen molar-refractivity contribution in [2.45, 2.75) is 12.8 Å². The molecule has 1 aliphatic heterocycles. The van der Waals surface area contributed by atoms with Gasteiger partial charge in [-0.05, 0) is 44.5 Å². The van der Waals surface area contributed by atoms with E-state index in [1.165, 1.54) is 0 Å². The minimum Gasteiger partial charge on any atom is -0.482 e. The third-order valence-electron chi connectivity index (χ3n) is 3.65. The van der Waals surface area contributed by atoms with E-state index in [1.54, 1.807) is 12.1 Å². The van der Waals surface area contributed by atoms with Crippen LogP contribution in [0.4, 0.5) is 0 Å². The number of benzene rings is 1. The highest BCUT2D eigenvalue weighted by Crippen LogP contribution is 2.23. The number of amides is 1. The SMILES string of the molecule is CNCC1CCN(C(=O)COc2ccccc2Cl)CC1. The Morgan fingerprint density at radius 1 is 1.40 bits per heavy atom. The van der Waals surface area contributed by atoms with E-state index in [2.05, 4.69) is 5.32 Å². The summed E-state index contributed by atoms with van der Waals surface area (Å²) in [6.07, 6.45) is 2.11. The lowest BCUT2D eigenvalue weighted by atomic mass is 9.97. The van der Waals surface area contributed by atoms with Crippen molar-refractivity contribution in [3.8, 4) is 5.75 Å². The van der Waals surface area contributed by atoms with Crippen LogP contribution in [0, 0.1) is 5.92 Å². The Balaban J connectivity index is 1.77. The summed E-state index contributed by atoms with van der Waals surface area (Å²) in [6.45, 7) is 2.71. The smallest absolute Gasteiger partial charge is 0.260 e. The predicted molar refractivity (Wildman–Crippen MR) is 80.2 cm³/mol. The second kappa shape index (κ2) is 7.50. The van der Waals surface area contributed by atoms with Crippen LogP contribution >= 0.6 is 11.6 Å². The van der Waals surface area contributed by atoms with E-state index in [1.807, 2.05) is 24.1 Å². The molecule has 1 aliphatic rings. The molecule has 0 saturated carbocycles. The Morgan fingerprint density at radius 3 is 2.75 bits per heavy atom. The molecule has 20 heavy (non-hydrogen) atoms. The van der Waals surface area contributed by atoms with Gasteiger partial charge in [-0.1, -0.05) is 23.7 Å². The number of carbonyl (C=O) groups is 1. The van der Waals surface area contributed by atoms with Crippen molar-refractivity contribution < 1.29 is 9.53 Å². The number of likely N-dealkylation sites (tertiary alicyclic amines) is 1. The van der Waals surface area contributed by atoms with Crippen molar-refractivity contribution in [1.29, 1.82) is 0 Å². The molecule has 0 aromatic heterocycles. The lowest BCUT2D eigenvalue weighted by molar-refractivity contribution is -0.134. The molecule has 1 fully saturated rings. The summed E-state index contributed by atoms with van der Waals surface area (Å²) in [4.78, 5) is 14.0. The zero-order valence-corrected chi connectivity index (χ0v) is 12.5. The molecule has 1 aromatic carbocycles. The molecule has 1 amide bonds. The summed E-state index contributed by atoms with van der Waals surface area (Å²) >= 11 is 5.99. The third-order valence-corrected chi connectivity index (χ3v) is 3.96. The standard InChI is InChI=1S/C15H21ClN2O2/c1-17-10-12-6-8-18(9-7-12)15(19)11-20-14-5-3-2-4-13(14)16/h2-5,12,17H,6-11H2,1H3. The molecular weight excluding hydrogens is 276 g/mol. The van der Waals surface area contributed by atoms with Crippen molar-refractivity contribution in [3.63, 3.8) is 0 Å². The van der Waals surface area contributed by atoms with Crippen LogP contribution in [0.5, 0.6) is 5.75 Å². The van der Waals surface area contributed by atoms with Crippen molar-refractivity contribution in [2.24, 2.45) is 5.92 Å². The molecule has 1 N–H and O–H groups in total. The zero-order valence-electron chi connectivity index (χ0n) is 11.8. The molecule has 1 aromatic rings. The van der Waals surface area contributed by atoms with Gasteiger partial charge in [-0.3, -0.25) is 4.79 Å². The number of para-hydroxylation sites is 1. The van der Waals surface area contributed by atoms with Crippen LogP contribution in [0.2, 0.25) is 5.02 Å². The van der Waals surface area contributed by atoms with Gasteiger partial charge in [0, 0.05) is 13.1 Å². The van der Waals surface area contributed by atoms with E-state index in [-0.39, 0.29) is 12.5 Å². The number of nitrogens with zero attached hydrogens (tertiary/aromatic N) is 1. The molecule has 110 valence electrons. The summed E-state index contributed by atoms with van der Waals surface area (Å²) in [5.41, 5.74) is 0. The van der Waals surface area contributed by atoms with Crippen molar-refractivity contribution >= 4 is 17.5 Å². The molecule has 2 rings (SSSR count). The Hall–Kier alpha value is -1.26. The summed E-state index contributed by atoms with van der Waals surface area (Å²) in [7, 11) is 1.97. The normalized spacial score (nSPS) is 16.2. The van der Waals surface area contributed by atoms with Crippen LogP contribution in [0.15, 0.2) is 24.3 Å². The van der Waals surface area contributed by atoms with Gasteiger partial charge in [-0.15, -0.1) is 0 Å². The molecule has 0 unspecified atom stereocenters. The first-order valence-electron chi connectivity index (χ1n) is 7.00. The highest BCUT2D eigenvalue weighted by atomic mass is 35.5. The van der Waals surface area contributed by atoms with Crippen LogP contribution < -0.4 is 10.1 Å². The van der Waals surface area contributed by atoms with Crippen molar-refractivity contribution in [1.82, 2.24) is 10.2 Å². The molecule has 5 heteroatoms. The number of hydrogen-bond donors (Lipinski definition) is 1. The average molecular weight is 297 g/mol. The number of ether oxygens (including phenoxy) is 1. The van der Waals surface area contributed by atoms with Gasteiger partial charge in [0.25, 0.3) is 5.91 Å². The minimum atomic E-state index is 0.0350. The van der Waals surface area contributed by atoms with Gasteiger partial charge in [0.15, 0.2) is 6.61 Å². The third kappa shape index (κ3) is 4.12. The number of carbonyl (C=O) groups excluding carboxylic acids is 1. The van der Waals surface area contributed by atoms with Crippen molar-refractivity contribution in [3.05, 3.63) is 29.3 Å². The van der Waals surface area contributed by atoms with Crippen molar-refractivity contribution in [2.75, 3.05) is 33.3 Å². The van der Waals surface area contributed by atoms with Gasteiger partial charge in [0.2, 0.25) is 0 Å². The molecular formula is C15H21ClN2O2. The summed E-state index contributed by atoms with van der Waals surface area (Å²) in [5, 5.41) is 3.73. The van der Waals surface area contributed by atoms with Crippen LogP contribution in [0.25, 0.3) is 0 Å². The second-order valence-electron chi connectivity index (χ2n) is 5.10. The Labute approximate surface area is 125 Å². The van der Waals surface area contributed by atoms with E-state index in [9.17, 15) is 4.79 Å². The molecule has 4 nitrogen and oxygen atoms in total. The number of nitrogens with one attached hydrogen (secondary N) is 1. The fourth-order valence-corrected chi connectivity index (χ4v) is 2.66. The number of rotatable bonds is 5. The van der Waals surface area contributed by atoms with Gasteiger partial charge in [-0.2, -0.15) is 0 Å². The lowest BCUT2D eigenvalue weighted by Gasteiger charge is -2.31. The van der Waals surface area contributed by atoms with Crippen LogP contribution in [-0.2, 0) is 4.79 Å². The van der Waals surface area contributed by atoms with E-state index < -0.39 is 0 Å². The molecule has 1 heterocycles. The molecule has 1 saturated heterocycles. The van der Waals surface area contributed by atoms with E-state index in [0.717, 1.165) is 32.5 Å². The fourth-order valence-electron chi connectivity index (χ4n) is 2.47. The van der Waals surface area contributed by atoms with Gasteiger partial charge in [-0.25, -0.2) is 0 Å². The van der Waals surface area contributed by atoms with Gasteiger partial charge >= 0.3 is 0 Å². The quantitative estimate of drug-likeness (QED) is 0.905. The lowest BCUT2D eigenvalue weighted by Crippen LogP contribution is -2.42. The number of piperidine rings is 1. The first-order valence-corrected chi connectivity index (χ1v) is 7.38. The first kappa shape index (κ1) is 15.1. The molecule has 0 radical (unpaired) electrons. The number of halogens is 1. The predicted octanol–water partition coefficient (Wildman–Crippen LogP) is 2.18. The molecule has 0 atom stereocenters. The van der Waals surface area contributed by atoms with Gasteiger partial charge in [0.05, 0.1) is 5.02 Å². The Morgan fingerprint density at radius 2 is 2.10 bits per heavy atom. The summed E-state index contributed by atoms with van der Waals surface area (Å²) in [6, 6.07) is 7.21. The maximum atomic E-state index is 12.1. The Kier molecular flexibility index (Phi) is 5.68. The molecule has 0 spiro atoms. The van der Waals surface area contributed by atoms with E-state index >= 15 is 0 Å². The van der Waals surface area contributed by atoms with E-state index in [0.29, 0.717) is 16.7 Å². The van der Waals surface area contributed by atoms with Crippen LogP contribution in [0.3, 0.4) is 0 Å². The fraction of sp³-hybridized carbons (Fsp3) is 0.533. The zero-order chi connectivity index (χ0) is 14.4.